The molecule has 3 heteroatoms. The van der Waals surface area contributed by atoms with Gasteiger partial charge in [-0.2, -0.15) is 0 Å². The van der Waals surface area contributed by atoms with Crippen LogP contribution < -0.4 is 21.9 Å². The Balaban J connectivity index is 0.00000144. The van der Waals surface area contributed by atoms with E-state index < -0.39 is 0 Å². The van der Waals surface area contributed by atoms with E-state index in [1.54, 1.807) is 0 Å². The fraction of sp³-hybridized carbons (Fsp3) is 0.214. The maximum atomic E-state index is 2.18. The SMILES string of the molecule is CN(C)c1cc[n+](Cc2ccccc2)cc1.[Cl-]. The van der Waals surface area contributed by atoms with Gasteiger partial charge in [-0.05, 0) is 0 Å². The Morgan fingerprint density at radius 1 is 0.941 bits per heavy atom. The van der Waals surface area contributed by atoms with E-state index in [2.05, 4.69) is 72.4 Å². The highest BCUT2D eigenvalue weighted by Crippen LogP contribution is 2.06. The first-order chi connectivity index (χ1) is 7.75. The summed E-state index contributed by atoms with van der Waals surface area (Å²) >= 11 is 0. The smallest absolute Gasteiger partial charge is 0.173 e. The van der Waals surface area contributed by atoms with Crippen LogP contribution in [0.5, 0.6) is 0 Å². The van der Waals surface area contributed by atoms with Gasteiger partial charge in [0.05, 0.1) is 0 Å². The minimum Gasteiger partial charge on any atom is -1.00 e. The van der Waals surface area contributed by atoms with Gasteiger partial charge in [-0.15, -0.1) is 0 Å². The lowest BCUT2D eigenvalue weighted by Gasteiger charge is -2.10. The van der Waals surface area contributed by atoms with Gasteiger partial charge in [0.2, 0.25) is 0 Å². The largest absolute Gasteiger partial charge is 1.00 e. The molecule has 0 amide bonds. The van der Waals surface area contributed by atoms with Crippen LogP contribution in [0.3, 0.4) is 0 Å². The van der Waals surface area contributed by atoms with E-state index >= 15 is 0 Å². The summed E-state index contributed by atoms with van der Waals surface area (Å²) in [7, 11) is 4.10. The first-order valence-electron chi connectivity index (χ1n) is 5.46. The highest BCUT2D eigenvalue weighted by atomic mass is 35.5. The molecule has 0 bridgehead atoms. The fourth-order valence-electron chi connectivity index (χ4n) is 1.65. The molecular weight excluding hydrogens is 232 g/mol. The first-order valence-corrected chi connectivity index (χ1v) is 5.46. The van der Waals surface area contributed by atoms with Gasteiger partial charge in [-0.1, -0.05) is 30.3 Å². The van der Waals surface area contributed by atoms with Gasteiger partial charge in [-0.3, -0.25) is 0 Å². The van der Waals surface area contributed by atoms with Crippen LogP contribution in [-0.4, -0.2) is 14.1 Å². The van der Waals surface area contributed by atoms with Gasteiger partial charge in [0.1, 0.15) is 0 Å². The van der Waals surface area contributed by atoms with Gasteiger partial charge in [0, 0.05) is 37.5 Å². The molecule has 2 rings (SSSR count). The average molecular weight is 249 g/mol. The molecule has 0 aliphatic carbocycles. The number of rotatable bonds is 3. The number of hydrogen-bond acceptors (Lipinski definition) is 1. The van der Waals surface area contributed by atoms with Crippen molar-refractivity contribution in [2.75, 3.05) is 19.0 Å². The second-order valence-electron chi connectivity index (χ2n) is 4.11. The molecule has 0 N–H and O–H groups in total. The average Bonchev–Trinajstić information content (AvgIpc) is 2.31. The summed E-state index contributed by atoms with van der Waals surface area (Å²) < 4.78 is 2.18. The van der Waals surface area contributed by atoms with Crippen LogP contribution >= 0.6 is 0 Å². The van der Waals surface area contributed by atoms with Crippen molar-refractivity contribution in [3.8, 4) is 0 Å². The molecule has 0 radical (unpaired) electrons. The van der Waals surface area contributed by atoms with Gasteiger partial charge >= 0.3 is 0 Å². The standard InChI is InChI=1S/C14H17N2.ClH/c1-15(2)14-8-10-16(11-9-14)12-13-6-4-3-5-7-13;/h3-11H,12H2,1-2H3;1H/q+1;/p-1. The van der Waals surface area contributed by atoms with Gasteiger partial charge in [0.15, 0.2) is 18.9 Å². The summed E-state index contributed by atoms with van der Waals surface area (Å²) in [5, 5.41) is 0. The normalized spacial score (nSPS) is 9.53. The third-order valence-electron chi connectivity index (χ3n) is 2.60. The third-order valence-corrected chi connectivity index (χ3v) is 2.60. The lowest BCUT2D eigenvalue weighted by Crippen LogP contribution is -3.00. The van der Waals surface area contributed by atoms with Crippen LogP contribution in [-0.2, 0) is 6.54 Å². The molecular formula is C14H17ClN2. The summed E-state index contributed by atoms with van der Waals surface area (Å²) in [6.07, 6.45) is 4.23. The van der Waals surface area contributed by atoms with Crippen molar-refractivity contribution in [3.63, 3.8) is 0 Å². The Labute approximate surface area is 109 Å². The maximum absolute atomic E-state index is 2.18. The second kappa shape index (κ2) is 6.26. The van der Waals surface area contributed by atoms with Crippen molar-refractivity contribution in [3.05, 3.63) is 60.4 Å². The van der Waals surface area contributed by atoms with Crippen LogP contribution in [0.4, 0.5) is 5.69 Å². The quantitative estimate of drug-likeness (QED) is 0.639. The molecule has 0 aliphatic heterocycles. The zero-order chi connectivity index (χ0) is 11.4. The van der Waals surface area contributed by atoms with Crippen molar-refractivity contribution < 1.29 is 17.0 Å². The van der Waals surface area contributed by atoms with Gasteiger partial charge < -0.3 is 17.3 Å². The van der Waals surface area contributed by atoms with Crippen molar-refractivity contribution in [1.29, 1.82) is 0 Å². The first kappa shape index (κ1) is 13.5. The molecule has 90 valence electrons. The maximum Gasteiger partial charge on any atom is 0.173 e. The predicted molar refractivity (Wildman–Crippen MR) is 66.5 cm³/mol. The summed E-state index contributed by atoms with van der Waals surface area (Å²) in [5.41, 5.74) is 2.55. The Hall–Kier alpha value is -1.54. The van der Waals surface area contributed by atoms with E-state index in [9.17, 15) is 0 Å². The Bertz CT molecular complexity index is 438. The molecule has 2 aromatic rings. The second-order valence-corrected chi connectivity index (χ2v) is 4.11. The minimum absolute atomic E-state index is 0. The number of aromatic nitrogens is 1. The van der Waals surface area contributed by atoms with Gasteiger partial charge in [0.25, 0.3) is 0 Å². The van der Waals surface area contributed by atoms with Crippen molar-refractivity contribution in [2.45, 2.75) is 6.54 Å². The number of benzene rings is 1. The Morgan fingerprint density at radius 3 is 2.06 bits per heavy atom. The van der Waals surface area contributed by atoms with Crippen LogP contribution in [0.15, 0.2) is 54.9 Å². The molecule has 0 aliphatic rings. The highest BCUT2D eigenvalue weighted by molar-refractivity contribution is 5.41. The zero-order valence-electron chi connectivity index (χ0n) is 10.2. The molecule has 0 unspecified atom stereocenters. The van der Waals surface area contributed by atoms with E-state index in [-0.39, 0.29) is 12.4 Å². The van der Waals surface area contributed by atoms with Crippen LogP contribution in [0.1, 0.15) is 5.56 Å². The van der Waals surface area contributed by atoms with E-state index in [4.69, 9.17) is 0 Å². The van der Waals surface area contributed by atoms with Crippen molar-refractivity contribution >= 4 is 5.69 Å². The molecule has 1 aromatic heterocycles. The topological polar surface area (TPSA) is 7.12 Å². The van der Waals surface area contributed by atoms with E-state index in [1.165, 1.54) is 11.3 Å². The summed E-state index contributed by atoms with van der Waals surface area (Å²) in [6.45, 7) is 0.925. The lowest BCUT2D eigenvalue weighted by atomic mass is 10.2. The predicted octanol–water partition coefficient (Wildman–Crippen LogP) is -0.908. The number of halogens is 1. The van der Waals surface area contributed by atoms with E-state index in [0.717, 1.165) is 6.54 Å². The molecule has 1 aromatic carbocycles. The number of pyridine rings is 1. The summed E-state index contributed by atoms with van der Waals surface area (Å²) in [5.74, 6) is 0. The van der Waals surface area contributed by atoms with Gasteiger partial charge in [-0.25, -0.2) is 4.57 Å². The molecule has 2 nitrogen and oxygen atoms in total. The molecule has 0 atom stereocenters. The van der Waals surface area contributed by atoms with Crippen molar-refractivity contribution in [2.24, 2.45) is 0 Å². The molecule has 17 heavy (non-hydrogen) atoms. The monoisotopic (exact) mass is 248 g/mol. The summed E-state index contributed by atoms with van der Waals surface area (Å²) in [4.78, 5) is 2.10. The van der Waals surface area contributed by atoms with E-state index in [0.29, 0.717) is 0 Å². The van der Waals surface area contributed by atoms with Crippen LogP contribution in [0.2, 0.25) is 0 Å². The molecule has 0 saturated heterocycles. The minimum atomic E-state index is 0. The fourth-order valence-corrected chi connectivity index (χ4v) is 1.65. The van der Waals surface area contributed by atoms with Crippen LogP contribution in [0, 0.1) is 0 Å². The molecule has 1 heterocycles. The Morgan fingerprint density at radius 2 is 1.53 bits per heavy atom. The molecule has 0 spiro atoms. The highest BCUT2D eigenvalue weighted by Gasteiger charge is 2.02. The lowest BCUT2D eigenvalue weighted by molar-refractivity contribution is -0.688. The molecule has 0 saturated carbocycles. The van der Waals surface area contributed by atoms with E-state index in [1.807, 2.05) is 6.07 Å². The third kappa shape index (κ3) is 3.75. The molecule has 0 fully saturated rings. The summed E-state index contributed by atoms with van der Waals surface area (Å²) in [6, 6.07) is 14.7. The number of hydrogen-bond donors (Lipinski definition) is 0. The zero-order valence-corrected chi connectivity index (χ0v) is 10.9. The Kier molecular flexibility index (Phi) is 4.98. The van der Waals surface area contributed by atoms with Crippen molar-refractivity contribution in [1.82, 2.24) is 0 Å². The number of nitrogens with zero attached hydrogens (tertiary/aromatic N) is 2. The van der Waals surface area contributed by atoms with Crippen LogP contribution in [0.25, 0.3) is 0 Å². The number of anilines is 1.